The smallest absolute Gasteiger partial charge is 0.163 e. The number of benzene rings is 2. The number of halogens is 2. The molecule has 0 saturated heterocycles. The number of nitrogens with one attached hydrogen (secondary N) is 1. The van der Waals surface area contributed by atoms with Gasteiger partial charge in [-0.15, -0.1) is 0 Å². The Morgan fingerprint density at radius 2 is 1.84 bits per heavy atom. The first kappa shape index (κ1) is 13.7. The largest absolute Gasteiger partial charge is 0.306 e. The molecule has 1 N–H and O–H groups in total. The van der Waals surface area contributed by atoms with Crippen molar-refractivity contribution >= 4 is 0 Å². The number of aryl methyl sites for hydroxylation is 1. The third kappa shape index (κ3) is 3.38. The van der Waals surface area contributed by atoms with Gasteiger partial charge in [-0.3, -0.25) is 0 Å². The number of hydrogen-bond donors (Lipinski definition) is 1. The van der Waals surface area contributed by atoms with Gasteiger partial charge in [0.1, 0.15) is 0 Å². The predicted molar refractivity (Wildman–Crippen MR) is 72.8 cm³/mol. The molecule has 0 aliphatic carbocycles. The van der Waals surface area contributed by atoms with Gasteiger partial charge in [-0.25, -0.2) is 8.78 Å². The predicted octanol–water partition coefficient (Wildman–Crippen LogP) is 4.12. The van der Waals surface area contributed by atoms with E-state index in [0.29, 0.717) is 12.1 Å². The summed E-state index contributed by atoms with van der Waals surface area (Å²) < 4.78 is 26.6. The maximum atomic E-state index is 13.5. The molecule has 2 aromatic carbocycles. The van der Waals surface area contributed by atoms with Crippen LogP contribution in [0.25, 0.3) is 0 Å². The van der Waals surface area contributed by atoms with Crippen LogP contribution in [0, 0.1) is 18.6 Å². The van der Waals surface area contributed by atoms with Crippen molar-refractivity contribution in [3.8, 4) is 0 Å². The molecular formula is C16H17F2N. The molecule has 3 heteroatoms. The van der Waals surface area contributed by atoms with Crippen LogP contribution in [0.5, 0.6) is 0 Å². The quantitative estimate of drug-likeness (QED) is 0.872. The van der Waals surface area contributed by atoms with Crippen molar-refractivity contribution in [3.05, 3.63) is 70.8 Å². The molecule has 100 valence electrons. The molecule has 0 fully saturated rings. The first-order valence-electron chi connectivity index (χ1n) is 6.31. The molecule has 1 nitrogen and oxygen atoms in total. The van der Waals surface area contributed by atoms with E-state index in [9.17, 15) is 8.78 Å². The minimum absolute atomic E-state index is 0.0857. The van der Waals surface area contributed by atoms with E-state index in [1.54, 1.807) is 6.07 Å². The van der Waals surface area contributed by atoms with Crippen molar-refractivity contribution in [1.29, 1.82) is 0 Å². The molecule has 0 radical (unpaired) electrons. The molecule has 0 aromatic heterocycles. The van der Waals surface area contributed by atoms with Gasteiger partial charge in [0.2, 0.25) is 0 Å². The van der Waals surface area contributed by atoms with Crippen molar-refractivity contribution < 1.29 is 8.78 Å². The van der Waals surface area contributed by atoms with E-state index < -0.39 is 11.6 Å². The Morgan fingerprint density at radius 3 is 2.58 bits per heavy atom. The molecule has 0 heterocycles. The molecule has 2 aromatic rings. The Kier molecular flexibility index (Phi) is 4.27. The second-order valence-electron chi connectivity index (χ2n) is 4.73. The van der Waals surface area contributed by atoms with Gasteiger partial charge in [0.25, 0.3) is 0 Å². The van der Waals surface area contributed by atoms with E-state index in [1.807, 2.05) is 32.0 Å². The van der Waals surface area contributed by atoms with Crippen LogP contribution >= 0.6 is 0 Å². The molecular weight excluding hydrogens is 244 g/mol. The molecule has 0 unspecified atom stereocenters. The summed E-state index contributed by atoms with van der Waals surface area (Å²) in [5.41, 5.74) is 2.67. The fourth-order valence-corrected chi connectivity index (χ4v) is 2.01. The minimum atomic E-state index is -0.803. The number of rotatable bonds is 4. The highest BCUT2D eigenvalue weighted by Crippen LogP contribution is 2.16. The fraction of sp³-hybridized carbons (Fsp3) is 0.250. The standard InChI is InChI=1S/C16H17F2N/c1-11-5-3-6-13(9-11)12(2)19-10-14-7-4-8-15(17)16(14)18/h3-9,12,19H,10H2,1-2H3/t12-/m0/s1. The SMILES string of the molecule is Cc1cccc([C@H](C)NCc2cccc(F)c2F)c1. The van der Waals surface area contributed by atoms with E-state index in [0.717, 1.165) is 11.6 Å². The minimum Gasteiger partial charge on any atom is -0.306 e. The molecule has 0 saturated carbocycles. The van der Waals surface area contributed by atoms with Crippen LogP contribution in [0.3, 0.4) is 0 Å². The summed E-state index contributed by atoms with van der Waals surface area (Å²) in [6.07, 6.45) is 0. The van der Waals surface area contributed by atoms with Crippen molar-refractivity contribution in [2.45, 2.75) is 26.4 Å². The Labute approximate surface area is 112 Å². The molecule has 0 amide bonds. The monoisotopic (exact) mass is 261 g/mol. The first-order valence-corrected chi connectivity index (χ1v) is 6.31. The van der Waals surface area contributed by atoms with Gasteiger partial charge < -0.3 is 5.32 Å². The molecule has 0 aliphatic heterocycles. The van der Waals surface area contributed by atoms with Crippen molar-refractivity contribution in [3.63, 3.8) is 0 Å². The third-order valence-corrected chi connectivity index (χ3v) is 3.17. The molecule has 0 spiro atoms. The van der Waals surface area contributed by atoms with Crippen LogP contribution in [0.2, 0.25) is 0 Å². The maximum absolute atomic E-state index is 13.5. The fourth-order valence-electron chi connectivity index (χ4n) is 2.01. The summed E-state index contributed by atoms with van der Waals surface area (Å²) in [5.74, 6) is -1.58. The third-order valence-electron chi connectivity index (χ3n) is 3.17. The highest BCUT2D eigenvalue weighted by molar-refractivity contribution is 5.25. The zero-order valence-corrected chi connectivity index (χ0v) is 11.1. The van der Waals surface area contributed by atoms with Crippen molar-refractivity contribution in [2.75, 3.05) is 0 Å². The lowest BCUT2D eigenvalue weighted by Gasteiger charge is -2.15. The van der Waals surface area contributed by atoms with Crippen LogP contribution < -0.4 is 5.32 Å². The van der Waals surface area contributed by atoms with Gasteiger partial charge in [-0.1, -0.05) is 42.0 Å². The molecule has 0 bridgehead atoms. The maximum Gasteiger partial charge on any atom is 0.163 e. The molecule has 0 aliphatic rings. The van der Waals surface area contributed by atoms with Gasteiger partial charge in [-0.05, 0) is 25.5 Å². The Bertz CT molecular complexity index is 566. The van der Waals surface area contributed by atoms with Gasteiger partial charge in [0, 0.05) is 18.2 Å². The van der Waals surface area contributed by atoms with Crippen LogP contribution in [0.1, 0.15) is 29.7 Å². The summed E-state index contributed by atoms with van der Waals surface area (Å²) in [4.78, 5) is 0. The van der Waals surface area contributed by atoms with E-state index in [-0.39, 0.29) is 6.04 Å². The van der Waals surface area contributed by atoms with Gasteiger partial charge >= 0.3 is 0 Å². The molecule has 19 heavy (non-hydrogen) atoms. The Morgan fingerprint density at radius 1 is 1.11 bits per heavy atom. The summed E-state index contributed by atoms with van der Waals surface area (Å²) in [6.45, 7) is 4.34. The lowest BCUT2D eigenvalue weighted by molar-refractivity contribution is 0.484. The van der Waals surface area contributed by atoms with Crippen LogP contribution in [-0.2, 0) is 6.54 Å². The van der Waals surface area contributed by atoms with E-state index >= 15 is 0 Å². The number of hydrogen-bond acceptors (Lipinski definition) is 1. The van der Waals surface area contributed by atoms with E-state index in [2.05, 4.69) is 11.4 Å². The highest BCUT2D eigenvalue weighted by atomic mass is 19.2. The van der Waals surface area contributed by atoms with Crippen LogP contribution in [0.15, 0.2) is 42.5 Å². The molecule has 2 rings (SSSR count). The summed E-state index contributed by atoms with van der Waals surface area (Å²) in [7, 11) is 0. The lowest BCUT2D eigenvalue weighted by Crippen LogP contribution is -2.19. The zero-order valence-electron chi connectivity index (χ0n) is 11.1. The average Bonchev–Trinajstić information content (AvgIpc) is 2.40. The van der Waals surface area contributed by atoms with E-state index in [4.69, 9.17) is 0 Å². The Balaban J connectivity index is 2.04. The lowest BCUT2D eigenvalue weighted by atomic mass is 10.1. The van der Waals surface area contributed by atoms with Crippen molar-refractivity contribution in [2.24, 2.45) is 0 Å². The first-order chi connectivity index (χ1) is 9.08. The van der Waals surface area contributed by atoms with Gasteiger partial charge in [-0.2, -0.15) is 0 Å². The van der Waals surface area contributed by atoms with Gasteiger partial charge in [0.15, 0.2) is 11.6 Å². The highest BCUT2D eigenvalue weighted by Gasteiger charge is 2.09. The second kappa shape index (κ2) is 5.93. The normalized spacial score (nSPS) is 12.4. The average molecular weight is 261 g/mol. The van der Waals surface area contributed by atoms with E-state index in [1.165, 1.54) is 11.6 Å². The summed E-state index contributed by atoms with van der Waals surface area (Å²) in [5, 5.41) is 3.20. The molecule has 1 atom stereocenters. The summed E-state index contributed by atoms with van der Waals surface area (Å²) >= 11 is 0. The van der Waals surface area contributed by atoms with Gasteiger partial charge in [0.05, 0.1) is 0 Å². The van der Waals surface area contributed by atoms with Crippen molar-refractivity contribution in [1.82, 2.24) is 5.32 Å². The summed E-state index contributed by atoms with van der Waals surface area (Å²) in [6, 6.07) is 12.5. The van der Waals surface area contributed by atoms with Crippen LogP contribution in [0.4, 0.5) is 8.78 Å². The second-order valence-corrected chi connectivity index (χ2v) is 4.73. The van der Waals surface area contributed by atoms with Crippen LogP contribution in [-0.4, -0.2) is 0 Å². The topological polar surface area (TPSA) is 12.0 Å². The zero-order chi connectivity index (χ0) is 13.8. The Hall–Kier alpha value is -1.74.